The fourth-order valence-electron chi connectivity index (χ4n) is 2.02. The lowest BCUT2D eigenvalue weighted by molar-refractivity contribution is -0.142. The van der Waals surface area contributed by atoms with Crippen molar-refractivity contribution in [1.82, 2.24) is 5.32 Å². The van der Waals surface area contributed by atoms with Crippen LogP contribution in [-0.4, -0.2) is 43.9 Å². The average Bonchev–Trinajstić information content (AvgIpc) is 2.83. The lowest BCUT2D eigenvalue weighted by Gasteiger charge is -2.04. The number of carbonyl (C=O) groups is 2. The first-order valence-corrected chi connectivity index (χ1v) is 7.49. The molecule has 7 heteroatoms. The fourth-order valence-corrected chi connectivity index (χ4v) is 3.13. The number of hydrogen-bond donors (Lipinski definition) is 2. The van der Waals surface area contributed by atoms with Gasteiger partial charge in [0.05, 0.1) is 18.6 Å². The highest BCUT2D eigenvalue weighted by molar-refractivity contribution is 7.21. The zero-order valence-corrected chi connectivity index (χ0v) is 13.2. The Kier molecular flexibility index (Phi) is 5.35. The highest BCUT2D eigenvalue weighted by Crippen LogP contribution is 2.33. The third kappa shape index (κ3) is 3.75. The molecule has 0 aliphatic rings. The molecule has 1 heterocycles. The van der Waals surface area contributed by atoms with Gasteiger partial charge >= 0.3 is 5.97 Å². The van der Waals surface area contributed by atoms with Crippen molar-refractivity contribution in [2.24, 2.45) is 0 Å². The summed E-state index contributed by atoms with van der Waals surface area (Å²) >= 11 is 1.42. The fraction of sp³-hybridized carbons (Fsp3) is 0.333. The maximum atomic E-state index is 12.2. The van der Waals surface area contributed by atoms with Crippen LogP contribution in [0.2, 0.25) is 0 Å². The molecule has 1 amide bonds. The van der Waals surface area contributed by atoms with Gasteiger partial charge in [-0.2, -0.15) is 0 Å². The van der Waals surface area contributed by atoms with Crippen LogP contribution in [0.5, 0.6) is 5.75 Å². The second kappa shape index (κ2) is 7.24. The summed E-state index contributed by atoms with van der Waals surface area (Å²) in [6.07, 6.45) is 0. The van der Waals surface area contributed by atoms with E-state index in [0.29, 0.717) is 4.88 Å². The lowest BCUT2D eigenvalue weighted by Crippen LogP contribution is -2.27. The number of aryl methyl sites for hydroxylation is 1. The topological polar surface area (TPSA) is 84.9 Å². The number of hydrogen-bond acceptors (Lipinski definition) is 5. The van der Waals surface area contributed by atoms with Gasteiger partial charge in [0.15, 0.2) is 0 Å². The number of fused-ring (bicyclic) bond motifs is 1. The number of rotatable bonds is 7. The highest BCUT2D eigenvalue weighted by atomic mass is 32.1. The third-order valence-corrected chi connectivity index (χ3v) is 4.38. The molecule has 118 valence electrons. The molecular formula is C15H17NO5S. The van der Waals surface area contributed by atoms with Gasteiger partial charge in [-0.05, 0) is 36.1 Å². The van der Waals surface area contributed by atoms with E-state index in [1.807, 2.05) is 25.1 Å². The van der Waals surface area contributed by atoms with Crippen molar-refractivity contribution in [3.63, 3.8) is 0 Å². The monoisotopic (exact) mass is 323 g/mol. The molecule has 22 heavy (non-hydrogen) atoms. The van der Waals surface area contributed by atoms with Crippen molar-refractivity contribution >= 4 is 33.3 Å². The molecule has 2 aromatic rings. The Balaban J connectivity index is 2.02. The second-order valence-electron chi connectivity index (χ2n) is 4.62. The normalized spacial score (nSPS) is 10.6. The van der Waals surface area contributed by atoms with E-state index in [-0.39, 0.29) is 25.7 Å². The summed E-state index contributed by atoms with van der Waals surface area (Å²) in [5.41, 5.74) is 0.905. The molecule has 1 aromatic carbocycles. The Labute approximate surface area is 131 Å². The Morgan fingerprint density at radius 2 is 2.14 bits per heavy atom. The molecule has 0 fully saturated rings. The molecule has 0 aliphatic carbocycles. The molecule has 0 radical (unpaired) electrons. The number of nitrogens with one attached hydrogen (secondary N) is 1. The first kappa shape index (κ1) is 16.3. The van der Waals surface area contributed by atoms with Gasteiger partial charge in [-0.15, -0.1) is 11.3 Å². The van der Waals surface area contributed by atoms with Gasteiger partial charge in [-0.3, -0.25) is 4.79 Å². The van der Waals surface area contributed by atoms with E-state index in [1.54, 1.807) is 7.11 Å². The van der Waals surface area contributed by atoms with Crippen LogP contribution in [0.4, 0.5) is 0 Å². The van der Waals surface area contributed by atoms with Crippen LogP contribution in [-0.2, 0) is 9.53 Å². The van der Waals surface area contributed by atoms with E-state index in [1.165, 1.54) is 11.3 Å². The Morgan fingerprint density at radius 1 is 1.36 bits per heavy atom. The summed E-state index contributed by atoms with van der Waals surface area (Å²) in [5, 5.41) is 12.2. The van der Waals surface area contributed by atoms with Gasteiger partial charge < -0.3 is 19.9 Å². The predicted molar refractivity (Wildman–Crippen MR) is 83.9 cm³/mol. The van der Waals surface area contributed by atoms with Crippen LogP contribution < -0.4 is 10.1 Å². The van der Waals surface area contributed by atoms with Crippen LogP contribution in [0.25, 0.3) is 10.1 Å². The maximum absolute atomic E-state index is 12.2. The zero-order valence-electron chi connectivity index (χ0n) is 12.3. The molecule has 1 aromatic heterocycles. The molecular weight excluding hydrogens is 306 g/mol. The van der Waals surface area contributed by atoms with Gasteiger partial charge in [-0.25, -0.2) is 4.79 Å². The van der Waals surface area contributed by atoms with Crippen LogP contribution in [0.3, 0.4) is 0 Å². The summed E-state index contributed by atoms with van der Waals surface area (Å²) in [5.74, 6) is -0.459. The summed E-state index contributed by atoms with van der Waals surface area (Å²) in [4.78, 5) is 23.1. The number of methoxy groups -OCH3 is 1. The summed E-state index contributed by atoms with van der Waals surface area (Å²) in [7, 11) is 1.60. The minimum atomic E-state index is -1.03. The zero-order chi connectivity index (χ0) is 16.1. The number of ether oxygens (including phenoxy) is 2. The average molecular weight is 323 g/mol. The quantitative estimate of drug-likeness (QED) is 0.762. The molecule has 0 aliphatic heterocycles. The van der Waals surface area contributed by atoms with E-state index in [0.717, 1.165) is 21.4 Å². The second-order valence-corrected chi connectivity index (χ2v) is 5.67. The van der Waals surface area contributed by atoms with Crippen LogP contribution in [0.15, 0.2) is 18.2 Å². The number of carboxylic acid groups (broad SMARTS) is 1. The number of carbonyl (C=O) groups excluding carboxylic acids is 1. The number of amides is 1. The van der Waals surface area contributed by atoms with Gasteiger partial charge in [-0.1, -0.05) is 0 Å². The standard InChI is InChI=1S/C15H17NO5S/c1-9-11-7-10(20-2)3-4-12(11)22-14(9)15(19)16-5-6-21-8-13(17)18/h3-4,7H,5-6,8H2,1-2H3,(H,16,19)(H,17,18). The van der Waals surface area contributed by atoms with E-state index in [9.17, 15) is 9.59 Å². The molecule has 0 atom stereocenters. The number of benzene rings is 1. The van der Waals surface area contributed by atoms with Crippen molar-refractivity contribution in [2.45, 2.75) is 6.92 Å². The van der Waals surface area contributed by atoms with Gasteiger partial charge in [0.25, 0.3) is 5.91 Å². The summed E-state index contributed by atoms with van der Waals surface area (Å²) < 4.78 is 11.1. The molecule has 0 saturated heterocycles. The minimum absolute atomic E-state index is 0.163. The van der Waals surface area contributed by atoms with E-state index in [4.69, 9.17) is 14.6 Å². The Bertz CT molecular complexity index is 695. The van der Waals surface area contributed by atoms with Gasteiger partial charge in [0.1, 0.15) is 12.4 Å². The lowest BCUT2D eigenvalue weighted by atomic mass is 10.1. The molecule has 0 saturated carbocycles. The largest absolute Gasteiger partial charge is 0.497 e. The maximum Gasteiger partial charge on any atom is 0.329 e. The first-order valence-electron chi connectivity index (χ1n) is 6.67. The number of aliphatic carboxylic acids is 1. The Morgan fingerprint density at radius 3 is 2.82 bits per heavy atom. The molecule has 6 nitrogen and oxygen atoms in total. The molecule has 0 spiro atoms. The smallest absolute Gasteiger partial charge is 0.329 e. The van der Waals surface area contributed by atoms with E-state index in [2.05, 4.69) is 5.32 Å². The third-order valence-electron chi connectivity index (χ3n) is 3.11. The van der Waals surface area contributed by atoms with Crippen LogP contribution in [0.1, 0.15) is 15.2 Å². The summed E-state index contributed by atoms with van der Waals surface area (Å²) in [6, 6.07) is 5.70. The van der Waals surface area contributed by atoms with E-state index < -0.39 is 5.97 Å². The van der Waals surface area contributed by atoms with E-state index >= 15 is 0 Å². The minimum Gasteiger partial charge on any atom is -0.497 e. The first-order chi connectivity index (χ1) is 10.5. The molecule has 0 unspecified atom stereocenters. The van der Waals surface area contributed by atoms with Crippen molar-refractivity contribution in [1.29, 1.82) is 0 Å². The SMILES string of the molecule is COc1ccc2sc(C(=O)NCCOCC(=O)O)c(C)c2c1. The van der Waals surface area contributed by atoms with Gasteiger partial charge in [0.2, 0.25) is 0 Å². The molecule has 2 rings (SSSR count). The predicted octanol–water partition coefficient (Wildman–Crippen LogP) is 2.05. The number of thiophene rings is 1. The van der Waals surface area contributed by atoms with Crippen molar-refractivity contribution in [3.05, 3.63) is 28.6 Å². The van der Waals surface area contributed by atoms with Crippen molar-refractivity contribution in [3.8, 4) is 5.75 Å². The number of carboxylic acids is 1. The highest BCUT2D eigenvalue weighted by Gasteiger charge is 2.15. The van der Waals surface area contributed by atoms with Crippen LogP contribution in [0, 0.1) is 6.92 Å². The van der Waals surface area contributed by atoms with Crippen molar-refractivity contribution < 1.29 is 24.2 Å². The molecule has 0 bridgehead atoms. The van der Waals surface area contributed by atoms with Crippen LogP contribution >= 0.6 is 11.3 Å². The molecule has 2 N–H and O–H groups in total. The Hall–Kier alpha value is -2.12. The van der Waals surface area contributed by atoms with Gasteiger partial charge in [0, 0.05) is 11.2 Å². The van der Waals surface area contributed by atoms with Crippen molar-refractivity contribution in [2.75, 3.05) is 26.9 Å². The summed E-state index contributed by atoms with van der Waals surface area (Å²) in [6.45, 7) is 1.96.